The number of aromatic amines is 1. The van der Waals surface area contributed by atoms with Crippen LogP contribution >= 0.6 is 0 Å². The van der Waals surface area contributed by atoms with Gasteiger partial charge in [0.05, 0.1) is 17.2 Å². The first-order valence-electron chi connectivity index (χ1n) is 7.39. The summed E-state index contributed by atoms with van der Waals surface area (Å²) < 4.78 is 1.21. The van der Waals surface area contributed by atoms with E-state index in [0.717, 1.165) is 5.56 Å². The average Bonchev–Trinajstić information content (AvgIpc) is 2.52. The first-order valence-corrected chi connectivity index (χ1v) is 7.39. The van der Waals surface area contributed by atoms with Crippen molar-refractivity contribution in [1.29, 1.82) is 5.26 Å². The van der Waals surface area contributed by atoms with Crippen LogP contribution in [0.1, 0.15) is 46.6 Å². The van der Waals surface area contributed by atoms with E-state index in [9.17, 15) is 14.4 Å². The molecule has 1 heterocycles. The summed E-state index contributed by atoms with van der Waals surface area (Å²) in [4.78, 5) is 39.4. The Hall–Kier alpha value is -3.20. The van der Waals surface area contributed by atoms with Crippen molar-refractivity contribution < 1.29 is 4.79 Å². The highest BCUT2D eigenvalue weighted by Gasteiger charge is 2.23. The molecular weight excluding hydrogens is 306 g/mol. The molecule has 0 fully saturated rings. The molecule has 1 aromatic heterocycles. The monoisotopic (exact) mass is 323 g/mol. The minimum absolute atomic E-state index is 0.00626. The largest absolute Gasteiger partial charge is 0.328 e. The zero-order valence-corrected chi connectivity index (χ0v) is 13.8. The topological polar surface area (TPSA) is 95.7 Å². The molecule has 0 aliphatic rings. The van der Waals surface area contributed by atoms with Crippen molar-refractivity contribution in [3.05, 3.63) is 73.6 Å². The molecule has 0 aliphatic carbocycles. The van der Waals surface area contributed by atoms with E-state index < -0.39 is 17.0 Å². The van der Waals surface area contributed by atoms with E-state index in [1.165, 1.54) is 10.6 Å². The smallest absolute Gasteiger partial charge is 0.290 e. The number of benzene rings is 1. The maximum Gasteiger partial charge on any atom is 0.328 e. The predicted molar refractivity (Wildman–Crippen MR) is 91.0 cm³/mol. The molecule has 6 nitrogen and oxygen atoms in total. The number of allylic oxidation sites excluding steroid dienone is 1. The normalized spacial score (nSPS) is 10.2. The third-order valence-electron chi connectivity index (χ3n) is 3.63. The molecule has 122 valence electrons. The third kappa shape index (κ3) is 2.97. The van der Waals surface area contributed by atoms with Crippen LogP contribution in [0.2, 0.25) is 0 Å². The molecule has 0 saturated carbocycles. The molecule has 2 aromatic rings. The standard InChI is InChI=1S/C18H17N3O3/c1-5-21-15(14(10(2)3)17(23)20-18(21)24)16(22)13-7-11(4)6-12(8-13)9-19/h6-8H,2,5H2,1,3-4H3,(H,20,23,24). The molecule has 24 heavy (non-hydrogen) atoms. The van der Waals surface area contributed by atoms with Crippen LogP contribution in [0, 0.1) is 18.3 Å². The van der Waals surface area contributed by atoms with Gasteiger partial charge in [-0.1, -0.05) is 6.58 Å². The molecule has 0 radical (unpaired) electrons. The van der Waals surface area contributed by atoms with Gasteiger partial charge in [0.25, 0.3) is 5.56 Å². The van der Waals surface area contributed by atoms with E-state index in [4.69, 9.17) is 5.26 Å². The number of nitrogens with one attached hydrogen (secondary N) is 1. The van der Waals surface area contributed by atoms with Crippen LogP contribution in [-0.4, -0.2) is 15.3 Å². The van der Waals surface area contributed by atoms with E-state index in [1.807, 2.05) is 6.07 Å². The second-order valence-electron chi connectivity index (χ2n) is 5.54. The minimum Gasteiger partial charge on any atom is -0.290 e. The zero-order chi connectivity index (χ0) is 18.0. The Bertz CT molecular complexity index is 1000. The summed E-state index contributed by atoms with van der Waals surface area (Å²) in [5, 5.41) is 9.09. The molecule has 1 N–H and O–H groups in total. The lowest BCUT2D eigenvalue weighted by Crippen LogP contribution is -2.36. The van der Waals surface area contributed by atoms with E-state index in [-0.39, 0.29) is 23.4 Å². The van der Waals surface area contributed by atoms with Crippen LogP contribution in [0.3, 0.4) is 0 Å². The summed E-state index contributed by atoms with van der Waals surface area (Å²) in [5.74, 6) is -0.488. The van der Waals surface area contributed by atoms with Gasteiger partial charge >= 0.3 is 5.69 Å². The van der Waals surface area contributed by atoms with Crippen molar-refractivity contribution in [1.82, 2.24) is 9.55 Å². The fourth-order valence-electron chi connectivity index (χ4n) is 2.62. The maximum atomic E-state index is 13.0. The van der Waals surface area contributed by atoms with Gasteiger partial charge in [-0.3, -0.25) is 19.1 Å². The van der Waals surface area contributed by atoms with Crippen molar-refractivity contribution in [2.24, 2.45) is 0 Å². The number of H-pyrrole nitrogens is 1. The lowest BCUT2D eigenvalue weighted by molar-refractivity contribution is 0.102. The minimum atomic E-state index is -0.649. The van der Waals surface area contributed by atoms with Gasteiger partial charge < -0.3 is 0 Å². The van der Waals surface area contributed by atoms with Gasteiger partial charge in [-0.25, -0.2) is 4.79 Å². The SMILES string of the molecule is C=C(C)c1c(C(=O)c2cc(C)cc(C#N)c2)n(CC)c(=O)[nH]c1=O. The van der Waals surface area contributed by atoms with Crippen LogP contribution < -0.4 is 11.2 Å². The number of nitrogens with zero attached hydrogens (tertiary/aromatic N) is 2. The highest BCUT2D eigenvalue weighted by Crippen LogP contribution is 2.18. The summed E-state index contributed by atoms with van der Waals surface area (Å²) in [7, 11) is 0. The second-order valence-corrected chi connectivity index (χ2v) is 5.54. The molecule has 0 spiro atoms. The van der Waals surface area contributed by atoms with Gasteiger partial charge in [0.15, 0.2) is 0 Å². The Balaban J connectivity index is 2.85. The number of nitriles is 1. The fraction of sp³-hybridized carbons (Fsp3) is 0.222. The molecule has 6 heteroatoms. The Kier molecular flexibility index (Phi) is 4.65. The molecule has 0 amide bonds. The third-order valence-corrected chi connectivity index (χ3v) is 3.63. The second kappa shape index (κ2) is 6.50. The molecule has 0 bridgehead atoms. The van der Waals surface area contributed by atoms with E-state index in [1.54, 1.807) is 32.9 Å². The van der Waals surface area contributed by atoms with Crippen molar-refractivity contribution in [3.63, 3.8) is 0 Å². The molecule has 0 unspecified atom stereocenters. The molecule has 0 saturated heterocycles. The number of aromatic nitrogens is 2. The van der Waals surface area contributed by atoms with Crippen LogP contribution in [0.15, 0.2) is 34.4 Å². The molecule has 2 rings (SSSR count). The van der Waals surface area contributed by atoms with Gasteiger partial charge in [-0.2, -0.15) is 5.26 Å². The number of carbonyl (C=O) groups excluding carboxylic acids is 1. The summed E-state index contributed by atoms with van der Waals surface area (Å²) in [6, 6.07) is 6.72. The van der Waals surface area contributed by atoms with Gasteiger partial charge in [0.1, 0.15) is 5.69 Å². The fourth-order valence-corrected chi connectivity index (χ4v) is 2.62. The van der Waals surface area contributed by atoms with Crippen LogP contribution in [0.4, 0.5) is 0 Å². The number of hydrogen-bond acceptors (Lipinski definition) is 4. The van der Waals surface area contributed by atoms with Gasteiger partial charge in [0.2, 0.25) is 5.78 Å². The number of ketones is 1. The first-order chi connectivity index (χ1) is 11.3. The lowest BCUT2D eigenvalue weighted by Gasteiger charge is -2.14. The van der Waals surface area contributed by atoms with Crippen LogP contribution in [0.5, 0.6) is 0 Å². The quantitative estimate of drug-likeness (QED) is 0.870. The number of aryl methyl sites for hydroxylation is 1. The van der Waals surface area contributed by atoms with E-state index in [0.29, 0.717) is 11.1 Å². The Morgan fingerprint density at radius 3 is 2.54 bits per heavy atom. The van der Waals surface area contributed by atoms with Crippen molar-refractivity contribution in [2.45, 2.75) is 27.3 Å². The number of carbonyl (C=O) groups is 1. The lowest BCUT2D eigenvalue weighted by atomic mass is 9.98. The van der Waals surface area contributed by atoms with Crippen LogP contribution in [0.25, 0.3) is 5.57 Å². The molecule has 0 aliphatic heterocycles. The molecular formula is C18H17N3O3. The van der Waals surface area contributed by atoms with Crippen molar-refractivity contribution in [3.8, 4) is 6.07 Å². The highest BCUT2D eigenvalue weighted by atomic mass is 16.2. The number of rotatable bonds is 4. The predicted octanol–water partition coefficient (Wildman–Crippen LogP) is 2.00. The Morgan fingerprint density at radius 1 is 1.33 bits per heavy atom. The zero-order valence-electron chi connectivity index (χ0n) is 13.8. The highest BCUT2D eigenvalue weighted by molar-refractivity contribution is 6.10. The summed E-state index contributed by atoms with van der Waals surface area (Å²) in [5.41, 5.74) is 0.499. The molecule has 1 aromatic carbocycles. The Labute approximate surface area is 138 Å². The summed E-state index contributed by atoms with van der Waals surface area (Å²) in [6.07, 6.45) is 0. The van der Waals surface area contributed by atoms with E-state index in [2.05, 4.69) is 11.6 Å². The maximum absolute atomic E-state index is 13.0. The van der Waals surface area contributed by atoms with E-state index >= 15 is 0 Å². The number of hydrogen-bond donors (Lipinski definition) is 1. The van der Waals surface area contributed by atoms with Gasteiger partial charge in [-0.15, -0.1) is 0 Å². The first kappa shape index (κ1) is 17.2. The molecule has 0 atom stereocenters. The average molecular weight is 323 g/mol. The van der Waals surface area contributed by atoms with Gasteiger partial charge in [0, 0.05) is 12.1 Å². The summed E-state index contributed by atoms with van der Waals surface area (Å²) >= 11 is 0. The van der Waals surface area contributed by atoms with Crippen molar-refractivity contribution in [2.75, 3.05) is 0 Å². The Morgan fingerprint density at radius 2 is 2.00 bits per heavy atom. The van der Waals surface area contributed by atoms with Crippen molar-refractivity contribution >= 4 is 11.4 Å². The van der Waals surface area contributed by atoms with Gasteiger partial charge in [-0.05, 0) is 50.1 Å². The summed E-state index contributed by atoms with van der Waals surface area (Å²) in [6.45, 7) is 9.03. The van der Waals surface area contributed by atoms with Crippen LogP contribution in [-0.2, 0) is 6.54 Å².